The van der Waals surface area contributed by atoms with Crippen molar-refractivity contribution in [2.75, 3.05) is 6.61 Å². The lowest BCUT2D eigenvalue weighted by molar-refractivity contribution is 0.0106. The second-order valence-electron chi connectivity index (χ2n) is 6.67. The van der Waals surface area contributed by atoms with Gasteiger partial charge in [-0.25, -0.2) is 4.79 Å². The molecule has 1 atom stereocenters. The highest BCUT2D eigenvalue weighted by Crippen LogP contribution is 2.38. The molecule has 1 saturated heterocycles. The van der Waals surface area contributed by atoms with Crippen LogP contribution in [0.2, 0.25) is 0 Å². The molecule has 1 fully saturated rings. The first-order valence-corrected chi connectivity index (χ1v) is 6.60. The van der Waals surface area contributed by atoms with Gasteiger partial charge in [0, 0.05) is 17.7 Å². The minimum absolute atomic E-state index is 0.0785. The summed E-state index contributed by atoms with van der Waals surface area (Å²) >= 11 is 0. The zero-order valence-corrected chi connectivity index (χ0v) is 12.2. The van der Waals surface area contributed by atoms with E-state index in [0.717, 1.165) is 12.1 Å². The van der Waals surface area contributed by atoms with E-state index in [9.17, 15) is 4.79 Å². The summed E-state index contributed by atoms with van der Waals surface area (Å²) < 4.78 is 7.59. The van der Waals surface area contributed by atoms with Gasteiger partial charge < -0.3 is 9.84 Å². The first-order valence-electron chi connectivity index (χ1n) is 6.60. The zero-order chi connectivity index (χ0) is 14.4. The van der Waals surface area contributed by atoms with Crippen molar-refractivity contribution in [1.82, 2.24) is 9.78 Å². The molecule has 1 aliphatic heterocycles. The van der Waals surface area contributed by atoms with Crippen molar-refractivity contribution in [3.05, 3.63) is 17.5 Å². The van der Waals surface area contributed by atoms with Crippen LogP contribution in [0.15, 0.2) is 6.07 Å². The van der Waals surface area contributed by atoms with Crippen molar-refractivity contribution in [3.63, 3.8) is 0 Å². The largest absolute Gasteiger partial charge is 0.476 e. The Morgan fingerprint density at radius 3 is 2.58 bits per heavy atom. The standard InChI is InChI=1S/C14H22N2O3/c1-13(2,3)11-8-9(12(17)18)15-16(11)10-6-7-19-14(10,4)5/h8,10H,6-7H2,1-5H3,(H,17,18). The van der Waals surface area contributed by atoms with Crippen LogP contribution < -0.4 is 0 Å². The molecular weight excluding hydrogens is 244 g/mol. The molecule has 2 heterocycles. The fraction of sp³-hybridized carbons (Fsp3) is 0.714. The van der Waals surface area contributed by atoms with E-state index in [2.05, 4.69) is 25.9 Å². The number of hydrogen-bond acceptors (Lipinski definition) is 3. The topological polar surface area (TPSA) is 64.3 Å². The van der Waals surface area contributed by atoms with Gasteiger partial charge in [0.25, 0.3) is 0 Å². The lowest BCUT2D eigenvalue weighted by atomic mass is 9.90. The molecule has 2 rings (SSSR count). The summed E-state index contributed by atoms with van der Waals surface area (Å²) in [6.07, 6.45) is 0.858. The van der Waals surface area contributed by atoms with Crippen molar-refractivity contribution in [3.8, 4) is 0 Å². The molecule has 0 aliphatic carbocycles. The Balaban J connectivity index is 2.52. The number of carbonyl (C=O) groups is 1. The lowest BCUT2D eigenvalue weighted by Gasteiger charge is -2.30. The summed E-state index contributed by atoms with van der Waals surface area (Å²) in [5, 5.41) is 13.4. The van der Waals surface area contributed by atoms with E-state index in [0.29, 0.717) is 6.61 Å². The van der Waals surface area contributed by atoms with Crippen molar-refractivity contribution in [2.45, 2.75) is 58.1 Å². The summed E-state index contributed by atoms with van der Waals surface area (Å²) in [7, 11) is 0. The quantitative estimate of drug-likeness (QED) is 0.893. The molecular formula is C14H22N2O3. The van der Waals surface area contributed by atoms with E-state index < -0.39 is 5.97 Å². The normalized spacial score (nSPS) is 22.7. The van der Waals surface area contributed by atoms with Crippen molar-refractivity contribution in [1.29, 1.82) is 0 Å². The number of ether oxygens (including phenoxy) is 1. The van der Waals surface area contributed by atoms with Crippen molar-refractivity contribution < 1.29 is 14.6 Å². The molecule has 1 aliphatic rings. The average molecular weight is 266 g/mol. The molecule has 1 aromatic rings. The fourth-order valence-electron chi connectivity index (χ4n) is 2.59. The molecule has 1 aromatic heterocycles. The molecule has 0 spiro atoms. The molecule has 0 aromatic carbocycles. The second-order valence-corrected chi connectivity index (χ2v) is 6.67. The Hall–Kier alpha value is -1.36. The SMILES string of the molecule is CC(C)(C)c1cc(C(=O)O)nn1C1CCOC1(C)C. The highest BCUT2D eigenvalue weighted by Gasteiger charge is 2.40. The van der Waals surface area contributed by atoms with Crippen LogP contribution in [0.1, 0.15) is 63.3 Å². The van der Waals surface area contributed by atoms with Gasteiger partial charge in [0.05, 0.1) is 11.6 Å². The summed E-state index contributed by atoms with van der Waals surface area (Å²) in [6, 6.07) is 1.76. The highest BCUT2D eigenvalue weighted by atomic mass is 16.5. The zero-order valence-electron chi connectivity index (χ0n) is 12.2. The summed E-state index contributed by atoms with van der Waals surface area (Å²) in [6.45, 7) is 10.9. The third-order valence-corrected chi connectivity index (χ3v) is 3.69. The summed E-state index contributed by atoms with van der Waals surface area (Å²) in [5.74, 6) is -0.985. The van der Waals surface area contributed by atoms with E-state index in [1.165, 1.54) is 0 Å². The van der Waals surface area contributed by atoms with E-state index in [-0.39, 0.29) is 22.8 Å². The lowest BCUT2D eigenvalue weighted by Crippen LogP contribution is -2.33. The molecule has 0 radical (unpaired) electrons. The number of nitrogens with zero attached hydrogens (tertiary/aromatic N) is 2. The third-order valence-electron chi connectivity index (χ3n) is 3.69. The van der Waals surface area contributed by atoms with Gasteiger partial charge >= 0.3 is 5.97 Å². The minimum Gasteiger partial charge on any atom is -0.476 e. The fourth-order valence-corrected chi connectivity index (χ4v) is 2.59. The molecule has 19 heavy (non-hydrogen) atoms. The number of rotatable bonds is 2. The molecule has 1 unspecified atom stereocenters. The summed E-state index contributed by atoms with van der Waals surface area (Å²) in [5.41, 5.74) is 0.572. The van der Waals surface area contributed by atoms with Gasteiger partial charge in [0.1, 0.15) is 0 Å². The van der Waals surface area contributed by atoms with Crippen LogP contribution in [0, 0.1) is 0 Å². The van der Waals surface area contributed by atoms with Crippen molar-refractivity contribution >= 4 is 5.97 Å². The smallest absolute Gasteiger partial charge is 0.356 e. The second kappa shape index (κ2) is 4.34. The Kier molecular flexibility index (Phi) is 3.21. The van der Waals surface area contributed by atoms with Gasteiger partial charge in [-0.1, -0.05) is 20.8 Å². The number of carboxylic acids is 1. The third kappa shape index (κ3) is 2.52. The molecule has 5 nitrogen and oxygen atoms in total. The minimum atomic E-state index is -0.985. The van der Waals surface area contributed by atoms with Crippen LogP contribution in [0.4, 0.5) is 0 Å². The van der Waals surface area contributed by atoms with Crippen LogP contribution >= 0.6 is 0 Å². The molecule has 5 heteroatoms. The van der Waals surface area contributed by atoms with Gasteiger partial charge in [0.15, 0.2) is 5.69 Å². The molecule has 0 saturated carbocycles. The van der Waals surface area contributed by atoms with Crippen LogP contribution in [0.25, 0.3) is 0 Å². The maximum absolute atomic E-state index is 11.2. The van der Waals surface area contributed by atoms with Crippen LogP contribution in [-0.4, -0.2) is 33.1 Å². The predicted octanol–water partition coefficient (Wildman–Crippen LogP) is 2.62. The molecule has 106 valence electrons. The van der Waals surface area contributed by atoms with Crippen molar-refractivity contribution in [2.24, 2.45) is 0 Å². The molecule has 0 amide bonds. The van der Waals surface area contributed by atoms with Gasteiger partial charge in [-0.3, -0.25) is 4.68 Å². The van der Waals surface area contributed by atoms with E-state index in [1.807, 2.05) is 18.5 Å². The van der Waals surface area contributed by atoms with Gasteiger partial charge in [-0.15, -0.1) is 0 Å². The molecule has 0 bridgehead atoms. The van der Waals surface area contributed by atoms with Crippen LogP contribution in [0.3, 0.4) is 0 Å². The Morgan fingerprint density at radius 1 is 1.53 bits per heavy atom. The maximum atomic E-state index is 11.2. The number of aromatic carboxylic acids is 1. The monoisotopic (exact) mass is 266 g/mol. The van der Waals surface area contributed by atoms with Crippen LogP contribution in [-0.2, 0) is 10.2 Å². The number of aromatic nitrogens is 2. The van der Waals surface area contributed by atoms with Gasteiger partial charge in [-0.05, 0) is 26.3 Å². The van der Waals surface area contributed by atoms with E-state index in [4.69, 9.17) is 9.84 Å². The summed E-state index contributed by atoms with van der Waals surface area (Å²) in [4.78, 5) is 11.2. The first kappa shape index (κ1) is 14.1. The average Bonchev–Trinajstić information content (AvgIpc) is 2.79. The number of carboxylic acid groups (broad SMARTS) is 1. The van der Waals surface area contributed by atoms with E-state index >= 15 is 0 Å². The number of hydrogen-bond donors (Lipinski definition) is 1. The maximum Gasteiger partial charge on any atom is 0.356 e. The van der Waals surface area contributed by atoms with Gasteiger partial charge in [-0.2, -0.15) is 5.10 Å². The Labute approximate surface area is 113 Å². The molecule has 1 N–H and O–H groups in total. The highest BCUT2D eigenvalue weighted by molar-refractivity contribution is 5.85. The first-order chi connectivity index (χ1) is 8.63. The van der Waals surface area contributed by atoms with E-state index in [1.54, 1.807) is 6.07 Å². The Bertz CT molecular complexity index is 497. The Morgan fingerprint density at radius 2 is 2.16 bits per heavy atom. The predicted molar refractivity (Wildman–Crippen MR) is 71.6 cm³/mol. The van der Waals surface area contributed by atoms with Crippen LogP contribution in [0.5, 0.6) is 0 Å². The van der Waals surface area contributed by atoms with Gasteiger partial charge in [0.2, 0.25) is 0 Å².